The van der Waals surface area contributed by atoms with E-state index in [2.05, 4.69) is 9.73 Å². The standard InChI is InChI=1S/C19H22F3N3O5/c1-4-24-16(12(2)17(27)25(18(24)28)9-6-10-26)23-13(3)29-14-7-5-8-15(11-14)30-19(20,21)22/h5,7-8,11,26H,4,6,9-10H2,1-3H3. The van der Waals surface area contributed by atoms with Gasteiger partial charge in [-0.1, -0.05) is 6.07 Å². The summed E-state index contributed by atoms with van der Waals surface area (Å²) in [5.41, 5.74) is -0.912. The van der Waals surface area contributed by atoms with Gasteiger partial charge in [0.15, 0.2) is 5.90 Å². The molecule has 1 aromatic heterocycles. The molecule has 11 heteroatoms. The van der Waals surface area contributed by atoms with Gasteiger partial charge in [0.1, 0.15) is 17.3 Å². The zero-order chi connectivity index (χ0) is 22.5. The lowest BCUT2D eigenvalue weighted by Gasteiger charge is -2.15. The van der Waals surface area contributed by atoms with Crippen LogP contribution in [-0.4, -0.2) is 33.1 Å². The van der Waals surface area contributed by atoms with E-state index < -0.39 is 23.4 Å². The van der Waals surface area contributed by atoms with Gasteiger partial charge in [0.05, 0.1) is 5.56 Å². The molecule has 0 saturated carbocycles. The quantitative estimate of drug-likeness (QED) is 0.540. The van der Waals surface area contributed by atoms with E-state index in [1.807, 2.05) is 0 Å². The van der Waals surface area contributed by atoms with Crippen molar-refractivity contribution in [3.8, 4) is 11.5 Å². The Morgan fingerprint density at radius 1 is 1.20 bits per heavy atom. The molecule has 0 fully saturated rings. The molecule has 8 nitrogen and oxygen atoms in total. The Morgan fingerprint density at radius 2 is 1.87 bits per heavy atom. The predicted molar refractivity (Wildman–Crippen MR) is 104 cm³/mol. The van der Waals surface area contributed by atoms with Gasteiger partial charge in [0.2, 0.25) is 0 Å². The van der Waals surface area contributed by atoms with Crippen molar-refractivity contribution in [2.45, 2.75) is 46.6 Å². The number of aliphatic hydroxyl groups excluding tert-OH is 1. The summed E-state index contributed by atoms with van der Waals surface area (Å²) in [5, 5.41) is 8.97. The molecular formula is C19H22F3N3O5. The Hall–Kier alpha value is -3.08. The van der Waals surface area contributed by atoms with Crippen molar-refractivity contribution in [2.24, 2.45) is 4.99 Å². The molecule has 0 bridgehead atoms. The van der Waals surface area contributed by atoms with Crippen LogP contribution in [0.1, 0.15) is 25.8 Å². The van der Waals surface area contributed by atoms with Gasteiger partial charge >= 0.3 is 12.1 Å². The lowest BCUT2D eigenvalue weighted by molar-refractivity contribution is -0.274. The van der Waals surface area contributed by atoms with E-state index in [1.165, 1.54) is 30.5 Å². The Labute approximate surface area is 169 Å². The van der Waals surface area contributed by atoms with Gasteiger partial charge < -0.3 is 14.6 Å². The maximum atomic E-state index is 12.6. The molecule has 0 saturated heterocycles. The molecule has 30 heavy (non-hydrogen) atoms. The zero-order valence-electron chi connectivity index (χ0n) is 16.7. The number of halogens is 3. The average molecular weight is 429 g/mol. The van der Waals surface area contributed by atoms with E-state index in [-0.39, 0.29) is 49.1 Å². The lowest BCUT2D eigenvalue weighted by atomic mass is 10.3. The fourth-order valence-electron chi connectivity index (χ4n) is 2.76. The van der Waals surface area contributed by atoms with Crippen molar-refractivity contribution < 1.29 is 27.8 Å². The van der Waals surface area contributed by atoms with Crippen molar-refractivity contribution in [3.63, 3.8) is 0 Å². The van der Waals surface area contributed by atoms with Gasteiger partial charge in [-0.3, -0.25) is 13.9 Å². The Bertz CT molecular complexity index is 1040. The van der Waals surface area contributed by atoms with E-state index in [0.29, 0.717) is 0 Å². The molecule has 0 atom stereocenters. The van der Waals surface area contributed by atoms with Crippen molar-refractivity contribution in [2.75, 3.05) is 6.61 Å². The van der Waals surface area contributed by atoms with Crippen LogP contribution in [0.2, 0.25) is 0 Å². The molecule has 0 amide bonds. The largest absolute Gasteiger partial charge is 0.573 e. The third-order valence-electron chi connectivity index (χ3n) is 4.04. The second-order valence-corrected chi connectivity index (χ2v) is 6.26. The number of alkyl halides is 3. The summed E-state index contributed by atoms with van der Waals surface area (Å²) in [5.74, 6) is -0.317. The van der Waals surface area contributed by atoms with E-state index in [0.717, 1.165) is 16.7 Å². The van der Waals surface area contributed by atoms with Crippen LogP contribution in [0.4, 0.5) is 19.0 Å². The van der Waals surface area contributed by atoms with Crippen LogP contribution in [0.25, 0.3) is 0 Å². The Balaban J connectivity index is 2.40. The summed E-state index contributed by atoms with van der Waals surface area (Å²) in [4.78, 5) is 29.4. The third kappa shape index (κ3) is 5.72. The van der Waals surface area contributed by atoms with E-state index in [9.17, 15) is 22.8 Å². The Morgan fingerprint density at radius 3 is 2.47 bits per heavy atom. The highest BCUT2D eigenvalue weighted by Crippen LogP contribution is 2.26. The monoisotopic (exact) mass is 429 g/mol. The number of rotatable bonds is 7. The molecule has 1 N–H and O–H groups in total. The minimum absolute atomic E-state index is 0.0105. The zero-order valence-corrected chi connectivity index (χ0v) is 16.7. The fourth-order valence-corrected chi connectivity index (χ4v) is 2.76. The summed E-state index contributed by atoms with van der Waals surface area (Å²) in [6, 6.07) is 4.89. The van der Waals surface area contributed by atoms with Crippen molar-refractivity contribution in [1.29, 1.82) is 0 Å². The van der Waals surface area contributed by atoms with Crippen LogP contribution >= 0.6 is 0 Å². The van der Waals surface area contributed by atoms with Crippen molar-refractivity contribution in [3.05, 3.63) is 50.7 Å². The SMILES string of the molecule is CCn1c(N=C(C)Oc2cccc(OC(F)(F)F)c2)c(C)c(=O)n(CCCO)c1=O. The first-order chi connectivity index (χ1) is 14.1. The molecule has 0 radical (unpaired) electrons. The first-order valence-corrected chi connectivity index (χ1v) is 9.11. The highest BCUT2D eigenvalue weighted by atomic mass is 19.4. The average Bonchev–Trinajstić information content (AvgIpc) is 2.65. The maximum absolute atomic E-state index is 12.6. The van der Waals surface area contributed by atoms with Crippen molar-refractivity contribution >= 4 is 11.7 Å². The number of benzene rings is 1. The minimum atomic E-state index is -4.84. The summed E-state index contributed by atoms with van der Waals surface area (Å²) >= 11 is 0. The number of aliphatic imine (C=N–C) groups is 1. The Kier molecular flexibility index (Phi) is 7.43. The molecule has 0 spiro atoms. The molecule has 1 aromatic carbocycles. The summed E-state index contributed by atoms with van der Waals surface area (Å²) in [6.45, 7) is 4.78. The molecule has 0 aliphatic rings. The summed E-state index contributed by atoms with van der Waals surface area (Å²) < 4.78 is 48.7. The number of aliphatic hydroxyl groups is 1. The van der Waals surface area contributed by atoms with Crippen LogP contribution in [-0.2, 0) is 13.1 Å². The molecule has 1 heterocycles. The van der Waals surface area contributed by atoms with Gasteiger partial charge in [0, 0.05) is 32.7 Å². The number of hydrogen-bond acceptors (Lipinski definition) is 6. The highest BCUT2D eigenvalue weighted by Gasteiger charge is 2.31. The number of ether oxygens (including phenoxy) is 2. The van der Waals surface area contributed by atoms with Gasteiger partial charge in [-0.2, -0.15) is 4.99 Å². The van der Waals surface area contributed by atoms with E-state index in [4.69, 9.17) is 9.84 Å². The van der Waals surface area contributed by atoms with Gasteiger partial charge in [-0.15, -0.1) is 13.2 Å². The molecule has 2 rings (SSSR count). The second kappa shape index (κ2) is 9.61. The van der Waals surface area contributed by atoms with Gasteiger partial charge in [-0.25, -0.2) is 4.79 Å². The molecule has 0 aliphatic carbocycles. The van der Waals surface area contributed by atoms with Gasteiger partial charge in [-0.05, 0) is 32.4 Å². The molecule has 164 valence electrons. The molecule has 0 aliphatic heterocycles. The minimum Gasteiger partial charge on any atom is -0.443 e. The van der Waals surface area contributed by atoms with Gasteiger partial charge in [0.25, 0.3) is 5.56 Å². The topological polar surface area (TPSA) is 95.1 Å². The summed E-state index contributed by atoms with van der Waals surface area (Å²) in [6.07, 6.45) is -4.59. The number of nitrogens with zero attached hydrogens (tertiary/aromatic N) is 3. The van der Waals surface area contributed by atoms with Crippen molar-refractivity contribution in [1.82, 2.24) is 9.13 Å². The lowest BCUT2D eigenvalue weighted by Crippen LogP contribution is -2.41. The molecule has 0 unspecified atom stereocenters. The molecular weight excluding hydrogens is 407 g/mol. The van der Waals surface area contributed by atoms with Crippen LogP contribution in [0.5, 0.6) is 11.5 Å². The predicted octanol–water partition coefficient (Wildman–Crippen LogP) is 2.75. The van der Waals surface area contributed by atoms with E-state index >= 15 is 0 Å². The maximum Gasteiger partial charge on any atom is 0.573 e. The van der Waals surface area contributed by atoms with E-state index in [1.54, 1.807) is 6.92 Å². The third-order valence-corrected chi connectivity index (χ3v) is 4.04. The first-order valence-electron chi connectivity index (χ1n) is 9.11. The summed E-state index contributed by atoms with van der Waals surface area (Å²) in [7, 11) is 0. The van der Waals surface area contributed by atoms with Crippen LogP contribution in [0, 0.1) is 6.92 Å². The number of aromatic nitrogens is 2. The number of hydrogen-bond donors (Lipinski definition) is 1. The smallest absolute Gasteiger partial charge is 0.443 e. The molecule has 2 aromatic rings. The normalized spacial score (nSPS) is 12.2. The first kappa shape index (κ1) is 23.2. The second-order valence-electron chi connectivity index (χ2n) is 6.26. The van der Waals surface area contributed by atoms with Crippen LogP contribution in [0.3, 0.4) is 0 Å². The van der Waals surface area contributed by atoms with Crippen LogP contribution < -0.4 is 20.7 Å². The highest BCUT2D eigenvalue weighted by molar-refractivity contribution is 5.79. The fraction of sp³-hybridized carbons (Fsp3) is 0.421. The van der Waals surface area contributed by atoms with Crippen LogP contribution in [0.15, 0.2) is 38.8 Å².